The van der Waals surface area contributed by atoms with Crippen LogP contribution in [0.5, 0.6) is 5.75 Å². The molecule has 27 heavy (non-hydrogen) atoms. The zero-order valence-corrected chi connectivity index (χ0v) is 15.2. The number of amides is 2. The van der Waals surface area contributed by atoms with Gasteiger partial charge in [-0.3, -0.25) is 9.59 Å². The summed E-state index contributed by atoms with van der Waals surface area (Å²) in [6, 6.07) is 13.1. The number of thiazole rings is 1. The van der Waals surface area contributed by atoms with Crippen LogP contribution in [0.1, 0.15) is 10.4 Å². The number of ether oxygens (including phenoxy) is 1. The molecule has 0 spiro atoms. The lowest BCUT2D eigenvalue weighted by atomic mass is 10.1. The third-order valence-corrected chi connectivity index (χ3v) is 4.40. The van der Waals surface area contributed by atoms with Crippen molar-refractivity contribution in [2.45, 2.75) is 0 Å². The predicted octanol–water partition coefficient (Wildman–Crippen LogP) is 3.33. The van der Waals surface area contributed by atoms with Gasteiger partial charge in [0.15, 0.2) is 16.7 Å². The van der Waals surface area contributed by atoms with Crippen molar-refractivity contribution in [2.75, 3.05) is 19.0 Å². The van der Waals surface area contributed by atoms with Gasteiger partial charge in [-0.25, -0.2) is 9.37 Å². The number of methoxy groups -OCH3 is 1. The van der Waals surface area contributed by atoms with Crippen molar-refractivity contribution in [1.82, 2.24) is 10.3 Å². The topological polar surface area (TPSA) is 80.3 Å². The highest BCUT2D eigenvalue weighted by Gasteiger charge is 2.12. The number of carbonyl (C=O) groups excluding carboxylic acids is 2. The summed E-state index contributed by atoms with van der Waals surface area (Å²) in [7, 11) is 1.39. The van der Waals surface area contributed by atoms with Gasteiger partial charge in [-0.15, -0.1) is 11.3 Å². The molecule has 8 heteroatoms. The van der Waals surface area contributed by atoms with Crippen LogP contribution in [0, 0.1) is 5.82 Å². The summed E-state index contributed by atoms with van der Waals surface area (Å²) in [6.45, 7) is -0.181. The van der Waals surface area contributed by atoms with Gasteiger partial charge in [0.05, 0.1) is 19.3 Å². The van der Waals surface area contributed by atoms with Crippen LogP contribution in [0.3, 0.4) is 0 Å². The summed E-state index contributed by atoms with van der Waals surface area (Å²) >= 11 is 1.21. The Bertz CT molecular complexity index is 960. The van der Waals surface area contributed by atoms with Crippen molar-refractivity contribution >= 4 is 28.3 Å². The van der Waals surface area contributed by atoms with E-state index in [0.29, 0.717) is 22.0 Å². The highest BCUT2D eigenvalue weighted by atomic mass is 32.1. The minimum Gasteiger partial charge on any atom is -0.494 e. The second-order valence-corrected chi connectivity index (χ2v) is 6.34. The van der Waals surface area contributed by atoms with Gasteiger partial charge < -0.3 is 15.4 Å². The fourth-order valence-electron chi connectivity index (χ4n) is 2.31. The largest absolute Gasteiger partial charge is 0.494 e. The van der Waals surface area contributed by atoms with Gasteiger partial charge >= 0.3 is 0 Å². The molecule has 0 aliphatic heterocycles. The second-order valence-electron chi connectivity index (χ2n) is 5.48. The molecule has 0 fully saturated rings. The third-order valence-electron chi connectivity index (χ3n) is 3.64. The van der Waals surface area contributed by atoms with Crippen LogP contribution in [0.4, 0.5) is 9.52 Å². The molecule has 0 saturated heterocycles. The summed E-state index contributed by atoms with van der Waals surface area (Å²) in [5.41, 5.74) is 1.58. The molecular formula is C19H16FN3O3S. The molecule has 0 atom stereocenters. The molecule has 1 heterocycles. The van der Waals surface area contributed by atoms with Crippen LogP contribution in [-0.2, 0) is 4.79 Å². The number of rotatable bonds is 6. The van der Waals surface area contributed by atoms with Gasteiger partial charge in [0.1, 0.15) is 0 Å². The molecule has 0 bridgehead atoms. The first-order valence-electron chi connectivity index (χ1n) is 7.99. The Morgan fingerprint density at radius 1 is 1.19 bits per heavy atom. The minimum atomic E-state index is -0.489. The fraction of sp³-hybridized carbons (Fsp3) is 0.105. The first kappa shape index (κ1) is 18.5. The molecule has 6 nitrogen and oxygen atoms in total. The molecule has 0 unspecified atom stereocenters. The van der Waals surface area contributed by atoms with E-state index >= 15 is 0 Å². The number of aromatic nitrogens is 1. The van der Waals surface area contributed by atoms with E-state index in [1.54, 1.807) is 41.8 Å². The Kier molecular flexibility index (Phi) is 5.77. The van der Waals surface area contributed by atoms with Crippen LogP contribution in [0.2, 0.25) is 0 Å². The standard InChI is InChI=1S/C19H16FN3O3S/c1-26-16-8-7-13(9-14(16)20)15-11-27-19(22-15)23-17(24)10-21-18(25)12-5-3-2-4-6-12/h2-9,11H,10H2,1H3,(H,21,25)(H,22,23,24). The van der Waals surface area contributed by atoms with Crippen LogP contribution in [-0.4, -0.2) is 30.5 Å². The average molecular weight is 385 g/mol. The van der Waals surface area contributed by atoms with Crippen molar-refractivity contribution in [2.24, 2.45) is 0 Å². The first-order chi connectivity index (χ1) is 13.1. The highest BCUT2D eigenvalue weighted by molar-refractivity contribution is 7.14. The Morgan fingerprint density at radius 3 is 2.67 bits per heavy atom. The number of hydrogen-bond donors (Lipinski definition) is 2. The van der Waals surface area contributed by atoms with Crippen LogP contribution >= 0.6 is 11.3 Å². The van der Waals surface area contributed by atoms with E-state index in [0.717, 1.165) is 0 Å². The van der Waals surface area contributed by atoms with Gasteiger partial charge in [0.25, 0.3) is 5.91 Å². The molecule has 2 N–H and O–H groups in total. The van der Waals surface area contributed by atoms with Crippen molar-refractivity contribution in [3.05, 3.63) is 65.3 Å². The van der Waals surface area contributed by atoms with E-state index in [9.17, 15) is 14.0 Å². The molecule has 0 saturated carbocycles. The summed E-state index contributed by atoms with van der Waals surface area (Å²) in [5.74, 6) is -1.07. The Balaban J connectivity index is 1.58. The zero-order chi connectivity index (χ0) is 19.2. The quantitative estimate of drug-likeness (QED) is 0.682. The van der Waals surface area contributed by atoms with E-state index in [2.05, 4.69) is 15.6 Å². The molecule has 0 aliphatic rings. The van der Waals surface area contributed by atoms with Crippen LogP contribution in [0.15, 0.2) is 53.9 Å². The van der Waals surface area contributed by atoms with Gasteiger partial charge in [0, 0.05) is 16.5 Å². The number of nitrogens with one attached hydrogen (secondary N) is 2. The number of carbonyl (C=O) groups is 2. The van der Waals surface area contributed by atoms with Crippen molar-refractivity contribution in [3.8, 4) is 17.0 Å². The monoisotopic (exact) mass is 385 g/mol. The summed E-state index contributed by atoms with van der Waals surface area (Å²) < 4.78 is 18.7. The lowest BCUT2D eigenvalue weighted by Crippen LogP contribution is -2.32. The number of anilines is 1. The molecule has 0 aliphatic carbocycles. The van der Waals surface area contributed by atoms with Crippen molar-refractivity contribution in [3.63, 3.8) is 0 Å². The fourth-order valence-corrected chi connectivity index (χ4v) is 3.04. The summed E-state index contributed by atoms with van der Waals surface area (Å²) in [5, 5.41) is 7.22. The molecule has 2 amide bonds. The first-order valence-corrected chi connectivity index (χ1v) is 8.87. The molecule has 138 valence electrons. The molecule has 3 aromatic rings. The van der Waals surface area contributed by atoms with Crippen LogP contribution < -0.4 is 15.4 Å². The molecule has 0 radical (unpaired) electrons. The molecule has 2 aromatic carbocycles. The number of benzene rings is 2. The van der Waals surface area contributed by atoms with E-state index in [1.807, 2.05) is 0 Å². The summed E-state index contributed by atoms with van der Waals surface area (Å²) in [6.07, 6.45) is 0. The van der Waals surface area contributed by atoms with Gasteiger partial charge in [-0.2, -0.15) is 0 Å². The maximum Gasteiger partial charge on any atom is 0.251 e. The van der Waals surface area contributed by atoms with Crippen molar-refractivity contribution < 1.29 is 18.7 Å². The maximum atomic E-state index is 13.8. The maximum absolute atomic E-state index is 13.8. The Labute approximate surface area is 159 Å². The zero-order valence-electron chi connectivity index (χ0n) is 14.4. The van der Waals surface area contributed by atoms with E-state index in [-0.39, 0.29) is 18.2 Å². The van der Waals surface area contributed by atoms with Gasteiger partial charge in [-0.1, -0.05) is 18.2 Å². The lowest BCUT2D eigenvalue weighted by Gasteiger charge is -2.05. The number of halogens is 1. The molecule has 3 rings (SSSR count). The Morgan fingerprint density at radius 2 is 1.96 bits per heavy atom. The number of nitrogens with zero attached hydrogens (tertiary/aromatic N) is 1. The van der Waals surface area contributed by atoms with Crippen LogP contribution in [0.25, 0.3) is 11.3 Å². The van der Waals surface area contributed by atoms with Crippen molar-refractivity contribution in [1.29, 1.82) is 0 Å². The smallest absolute Gasteiger partial charge is 0.251 e. The lowest BCUT2D eigenvalue weighted by molar-refractivity contribution is -0.115. The van der Waals surface area contributed by atoms with Gasteiger partial charge in [-0.05, 0) is 30.3 Å². The Hall–Kier alpha value is -3.26. The predicted molar refractivity (Wildman–Crippen MR) is 101 cm³/mol. The van der Waals surface area contributed by atoms with E-state index < -0.39 is 11.7 Å². The average Bonchev–Trinajstić information content (AvgIpc) is 3.15. The van der Waals surface area contributed by atoms with E-state index in [4.69, 9.17) is 4.74 Å². The minimum absolute atomic E-state index is 0.150. The van der Waals surface area contributed by atoms with E-state index in [1.165, 1.54) is 30.6 Å². The molecule has 1 aromatic heterocycles. The molecular weight excluding hydrogens is 369 g/mol. The second kappa shape index (κ2) is 8.41. The highest BCUT2D eigenvalue weighted by Crippen LogP contribution is 2.28. The number of hydrogen-bond acceptors (Lipinski definition) is 5. The van der Waals surface area contributed by atoms with Gasteiger partial charge in [0.2, 0.25) is 5.91 Å². The SMILES string of the molecule is COc1ccc(-c2csc(NC(=O)CNC(=O)c3ccccc3)n2)cc1F. The normalized spacial score (nSPS) is 10.3. The third kappa shape index (κ3) is 4.68. The summed E-state index contributed by atoms with van der Waals surface area (Å²) in [4.78, 5) is 28.2.